The van der Waals surface area contributed by atoms with E-state index in [1.54, 1.807) is 0 Å². The Labute approximate surface area is 144 Å². The summed E-state index contributed by atoms with van der Waals surface area (Å²) < 4.78 is 5.46. The first-order valence-corrected chi connectivity index (χ1v) is 9.50. The number of ether oxygens (including phenoxy) is 1. The lowest BCUT2D eigenvalue weighted by molar-refractivity contribution is -0.132. The highest BCUT2D eigenvalue weighted by atomic mass is 16.5. The molecule has 3 aliphatic rings. The molecule has 2 fully saturated rings. The molecule has 4 rings (SSSR count). The van der Waals surface area contributed by atoms with Gasteiger partial charge in [-0.25, -0.2) is 0 Å². The molecule has 2 saturated heterocycles. The molecule has 0 N–H and O–H groups in total. The minimum atomic E-state index is 0.291. The van der Waals surface area contributed by atoms with E-state index in [2.05, 4.69) is 28.0 Å². The van der Waals surface area contributed by atoms with Crippen LogP contribution in [0.25, 0.3) is 0 Å². The van der Waals surface area contributed by atoms with Gasteiger partial charge in [0.2, 0.25) is 5.91 Å². The van der Waals surface area contributed by atoms with Gasteiger partial charge in [0.05, 0.1) is 6.42 Å². The van der Waals surface area contributed by atoms with Crippen LogP contribution in [0.4, 0.5) is 0 Å². The molecule has 0 aromatic heterocycles. The van der Waals surface area contributed by atoms with Crippen LogP contribution in [-0.2, 0) is 28.8 Å². The molecular weight excluding hydrogens is 300 g/mol. The van der Waals surface area contributed by atoms with Crippen LogP contribution in [0, 0.1) is 0 Å². The van der Waals surface area contributed by atoms with E-state index in [-0.39, 0.29) is 0 Å². The zero-order valence-corrected chi connectivity index (χ0v) is 14.5. The molecule has 24 heavy (non-hydrogen) atoms. The van der Waals surface area contributed by atoms with Crippen molar-refractivity contribution < 1.29 is 9.53 Å². The van der Waals surface area contributed by atoms with Gasteiger partial charge in [0, 0.05) is 45.4 Å². The first-order valence-electron chi connectivity index (χ1n) is 9.50. The second-order valence-electron chi connectivity index (χ2n) is 7.39. The highest BCUT2D eigenvalue weighted by Crippen LogP contribution is 2.23. The van der Waals surface area contributed by atoms with Gasteiger partial charge in [-0.05, 0) is 48.8 Å². The SMILES string of the molecule is O=C(Cc1ccc2c(c1)CCC2)N1CCN(C2CCOCC2)CC1. The maximum Gasteiger partial charge on any atom is 0.227 e. The minimum absolute atomic E-state index is 0.291. The van der Waals surface area contributed by atoms with Gasteiger partial charge in [-0.2, -0.15) is 0 Å². The summed E-state index contributed by atoms with van der Waals surface area (Å²) in [4.78, 5) is 17.3. The Hall–Kier alpha value is -1.39. The van der Waals surface area contributed by atoms with Crippen molar-refractivity contribution in [2.75, 3.05) is 39.4 Å². The van der Waals surface area contributed by atoms with E-state index in [9.17, 15) is 4.79 Å². The Kier molecular flexibility index (Phi) is 4.86. The van der Waals surface area contributed by atoms with Gasteiger partial charge >= 0.3 is 0 Å². The molecular formula is C20H28N2O2. The summed E-state index contributed by atoms with van der Waals surface area (Å²) in [7, 11) is 0. The second kappa shape index (κ2) is 7.24. The van der Waals surface area contributed by atoms with Gasteiger partial charge in [0.15, 0.2) is 0 Å². The van der Waals surface area contributed by atoms with Crippen molar-refractivity contribution in [3.8, 4) is 0 Å². The van der Waals surface area contributed by atoms with Crippen LogP contribution in [-0.4, -0.2) is 61.1 Å². The van der Waals surface area contributed by atoms with Crippen molar-refractivity contribution in [3.05, 3.63) is 34.9 Å². The number of hydrogen-bond donors (Lipinski definition) is 0. The Morgan fingerprint density at radius 3 is 2.58 bits per heavy atom. The molecule has 130 valence electrons. The minimum Gasteiger partial charge on any atom is -0.381 e. The lowest BCUT2D eigenvalue weighted by Crippen LogP contribution is -2.53. The van der Waals surface area contributed by atoms with Gasteiger partial charge in [0.25, 0.3) is 0 Å². The maximum atomic E-state index is 12.6. The number of benzene rings is 1. The number of carbonyl (C=O) groups excluding carboxylic acids is 1. The van der Waals surface area contributed by atoms with Crippen LogP contribution in [0.1, 0.15) is 36.0 Å². The zero-order valence-electron chi connectivity index (χ0n) is 14.5. The normalized spacial score (nSPS) is 22.6. The predicted molar refractivity (Wildman–Crippen MR) is 94.2 cm³/mol. The quantitative estimate of drug-likeness (QED) is 0.851. The molecule has 0 spiro atoms. The maximum absolute atomic E-state index is 12.6. The highest BCUT2D eigenvalue weighted by molar-refractivity contribution is 5.79. The topological polar surface area (TPSA) is 32.8 Å². The molecule has 1 aromatic rings. The largest absolute Gasteiger partial charge is 0.381 e. The average Bonchev–Trinajstić information content (AvgIpc) is 3.10. The number of rotatable bonds is 3. The van der Waals surface area contributed by atoms with E-state index in [4.69, 9.17) is 4.74 Å². The highest BCUT2D eigenvalue weighted by Gasteiger charge is 2.27. The Morgan fingerprint density at radius 2 is 1.79 bits per heavy atom. The number of fused-ring (bicyclic) bond motifs is 1. The number of carbonyl (C=O) groups is 1. The molecule has 4 heteroatoms. The fourth-order valence-corrected chi connectivity index (χ4v) is 4.41. The van der Waals surface area contributed by atoms with E-state index >= 15 is 0 Å². The summed E-state index contributed by atoms with van der Waals surface area (Å²) in [5.74, 6) is 0.291. The van der Waals surface area contributed by atoms with Crippen LogP contribution >= 0.6 is 0 Å². The van der Waals surface area contributed by atoms with Gasteiger partial charge in [-0.15, -0.1) is 0 Å². The fourth-order valence-electron chi connectivity index (χ4n) is 4.41. The van der Waals surface area contributed by atoms with Crippen LogP contribution < -0.4 is 0 Å². The molecule has 0 radical (unpaired) electrons. The van der Waals surface area contributed by atoms with Gasteiger partial charge in [-0.3, -0.25) is 9.69 Å². The van der Waals surface area contributed by atoms with Gasteiger partial charge in [-0.1, -0.05) is 18.2 Å². The standard InChI is InChI=1S/C20H28N2O2/c23-20(15-16-4-5-17-2-1-3-18(17)14-16)22-10-8-21(9-11-22)19-6-12-24-13-7-19/h4-5,14,19H,1-3,6-13,15H2. The molecule has 2 aliphatic heterocycles. The second-order valence-corrected chi connectivity index (χ2v) is 7.39. The number of amides is 1. The Bertz CT molecular complexity index is 587. The van der Waals surface area contributed by atoms with Crippen LogP contribution in [0.5, 0.6) is 0 Å². The summed E-state index contributed by atoms with van der Waals surface area (Å²) in [6.45, 7) is 5.56. The molecule has 0 atom stereocenters. The fraction of sp³-hybridized carbons (Fsp3) is 0.650. The van der Waals surface area contributed by atoms with Crippen molar-refractivity contribution >= 4 is 5.91 Å². The smallest absolute Gasteiger partial charge is 0.227 e. The van der Waals surface area contributed by atoms with E-state index in [0.717, 1.165) is 52.2 Å². The molecule has 0 saturated carbocycles. The number of nitrogens with zero attached hydrogens (tertiary/aromatic N) is 2. The molecule has 1 aromatic carbocycles. The Morgan fingerprint density at radius 1 is 1.04 bits per heavy atom. The van der Waals surface area contributed by atoms with Crippen molar-refractivity contribution in [3.63, 3.8) is 0 Å². The van der Waals surface area contributed by atoms with Gasteiger partial charge < -0.3 is 9.64 Å². The molecule has 1 aliphatic carbocycles. The van der Waals surface area contributed by atoms with Crippen LogP contribution in [0.2, 0.25) is 0 Å². The third-order valence-electron chi connectivity index (χ3n) is 5.89. The summed E-state index contributed by atoms with van der Waals surface area (Å²) in [6, 6.07) is 7.31. The monoisotopic (exact) mass is 328 g/mol. The lowest BCUT2D eigenvalue weighted by atomic mass is 10.0. The predicted octanol–water partition coefficient (Wildman–Crippen LogP) is 2.04. The summed E-state index contributed by atoms with van der Waals surface area (Å²) >= 11 is 0. The molecule has 2 heterocycles. The lowest BCUT2D eigenvalue weighted by Gasteiger charge is -2.40. The third-order valence-corrected chi connectivity index (χ3v) is 5.89. The number of aryl methyl sites for hydroxylation is 2. The van der Waals surface area contributed by atoms with Crippen molar-refractivity contribution in [1.29, 1.82) is 0 Å². The Balaban J connectivity index is 1.30. The molecule has 1 amide bonds. The molecule has 0 bridgehead atoms. The summed E-state index contributed by atoms with van der Waals surface area (Å²) in [5, 5.41) is 0. The van der Waals surface area contributed by atoms with Crippen molar-refractivity contribution in [2.24, 2.45) is 0 Å². The van der Waals surface area contributed by atoms with Crippen molar-refractivity contribution in [1.82, 2.24) is 9.80 Å². The first-order chi connectivity index (χ1) is 11.8. The van der Waals surface area contributed by atoms with Gasteiger partial charge in [0.1, 0.15) is 0 Å². The van der Waals surface area contributed by atoms with Crippen molar-refractivity contribution in [2.45, 2.75) is 44.6 Å². The molecule has 4 nitrogen and oxygen atoms in total. The average molecular weight is 328 g/mol. The summed E-state index contributed by atoms with van der Waals surface area (Å²) in [6.07, 6.45) is 6.50. The van der Waals surface area contributed by atoms with E-state index in [0.29, 0.717) is 18.4 Å². The summed E-state index contributed by atoms with van der Waals surface area (Å²) in [5.41, 5.74) is 4.13. The van der Waals surface area contributed by atoms with Crippen LogP contribution in [0.3, 0.4) is 0 Å². The molecule has 0 unspecified atom stereocenters. The third kappa shape index (κ3) is 3.50. The van der Waals surface area contributed by atoms with Crippen LogP contribution in [0.15, 0.2) is 18.2 Å². The number of hydrogen-bond acceptors (Lipinski definition) is 3. The number of piperazine rings is 1. The van der Waals surface area contributed by atoms with E-state index < -0.39 is 0 Å². The van der Waals surface area contributed by atoms with E-state index in [1.165, 1.54) is 36.0 Å². The first kappa shape index (κ1) is 16.1. The van der Waals surface area contributed by atoms with E-state index in [1.807, 2.05) is 0 Å². The zero-order chi connectivity index (χ0) is 16.4.